The summed E-state index contributed by atoms with van der Waals surface area (Å²) in [5, 5.41) is 11.2. The van der Waals surface area contributed by atoms with Crippen molar-refractivity contribution < 1.29 is 9.59 Å². The van der Waals surface area contributed by atoms with Crippen molar-refractivity contribution in [3.05, 3.63) is 56.4 Å². The number of aryl methyl sites for hydroxylation is 1. The summed E-state index contributed by atoms with van der Waals surface area (Å²) in [6.07, 6.45) is 3.48. The van der Waals surface area contributed by atoms with Gasteiger partial charge >= 0.3 is 0 Å². The third-order valence-electron chi connectivity index (χ3n) is 4.91. The zero-order valence-electron chi connectivity index (χ0n) is 15.5. The molecule has 0 radical (unpaired) electrons. The Morgan fingerprint density at radius 1 is 1.36 bits per heavy atom. The van der Waals surface area contributed by atoms with Crippen LogP contribution in [-0.4, -0.2) is 50.4 Å². The van der Waals surface area contributed by atoms with Gasteiger partial charge in [-0.25, -0.2) is 4.52 Å². The van der Waals surface area contributed by atoms with Crippen molar-refractivity contribution >= 4 is 28.7 Å². The summed E-state index contributed by atoms with van der Waals surface area (Å²) < 4.78 is 1.44. The summed E-state index contributed by atoms with van der Waals surface area (Å²) in [7, 11) is 0. The third kappa shape index (κ3) is 3.84. The maximum absolute atomic E-state index is 12.8. The highest BCUT2D eigenvalue weighted by atomic mass is 32.1. The molecule has 4 heterocycles. The van der Waals surface area contributed by atoms with E-state index in [9.17, 15) is 14.4 Å². The fraction of sp³-hybridized carbons (Fsp3) is 0.368. The predicted molar refractivity (Wildman–Crippen MR) is 106 cm³/mol. The molecular formula is C19H21N5O3S. The van der Waals surface area contributed by atoms with Gasteiger partial charge in [0.25, 0.3) is 11.5 Å². The molecular weight excluding hydrogens is 378 g/mol. The fourth-order valence-corrected chi connectivity index (χ4v) is 4.14. The SMILES string of the molecule is Cc1cn2nc(C(=O)N3CCC(NC(=O)Cc4ccsc4)CC3)cc2c(=O)[nH]1. The molecule has 1 saturated heterocycles. The van der Waals surface area contributed by atoms with Crippen LogP contribution in [0.2, 0.25) is 0 Å². The minimum Gasteiger partial charge on any atom is -0.353 e. The fourth-order valence-electron chi connectivity index (χ4n) is 3.47. The largest absolute Gasteiger partial charge is 0.353 e. The molecule has 0 unspecified atom stereocenters. The number of aromatic amines is 1. The first-order chi connectivity index (χ1) is 13.5. The smallest absolute Gasteiger partial charge is 0.274 e. The van der Waals surface area contributed by atoms with E-state index < -0.39 is 0 Å². The van der Waals surface area contributed by atoms with E-state index in [4.69, 9.17) is 0 Å². The summed E-state index contributed by atoms with van der Waals surface area (Å²) in [4.78, 5) is 41.3. The van der Waals surface area contributed by atoms with Crippen LogP contribution in [0.25, 0.3) is 5.52 Å². The Labute approximate surface area is 165 Å². The van der Waals surface area contributed by atoms with Gasteiger partial charge in [-0.15, -0.1) is 0 Å². The van der Waals surface area contributed by atoms with E-state index in [1.165, 1.54) is 10.6 Å². The van der Waals surface area contributed by atoms with Gasteiger partial charge in [0.15, 0.2) is 5.69 Å². The first-order valence-corrected chi connectivity index (χ1v) is 10.1. The van der Waals surface area contributed by atoms with Crippen LogP contribution < -0.4 is 10.9 Å². The molecule has 0 saturated carbocycles. The number of nitrogens with zero attached hydrogens (tertiary/aromatic N) is 3. The number of likely N-dealkylation sites (tertiary alicyclic amines) is 1. The van der Waals surface area contributed by atoms with Crippen molar-refractivity contribution in [1.29, 1.82) is 0 Å². The van der Waals surface area contributed by atoms with Crippen molar-refractivity contribution in [3.63, 3.8) is 0 Å². The molecule has 146 valence electrons. The molecule has 4 rings (SSSR count). The summed E-state index contributed by atoms with van der Waals surface area (Å²) in [5.41, 5.74) is 2.05. The van der Waals surface area contributed by atoms with E-state index in [-0.39, 0.29) is 29.1 Å². The monoisotopic (exact) mass is 399 g/mol. The predicted octanol–water partition coefficient (Wildman–Crippen LogP) is 1.36. The minimum atomic E-state index is -0.265. The van der Waals surface area contributed by atoms with Gasteiger partial charge in [0.1, 0.15) is 5.52 Å². The number of fused-ring (bicyclic) bond motifs is 1. The van der Waals surface area contributed by atoms with E-state index in [1.54, 1.807) is 29.4 Å². The number of H-pyrrole nitrogens is 1. The van der Waals surface area contributed by atoms with Crippen LogP contribution in [0.3, 0.4) is 0 Å². The van der Waals surface area contributed by atoms with E-state index in [0.29, 0.717) is 43.6 Å². The molecule has 0 aliphatic carbocycles. The first kappa shape index (κ1) is 18.4. The molecule has 3 aromatic heterocycles. The molecule has 3 aromatic rings. The van der Waals surface area contributed by atoms with Crippen LogP contribution in [0.4, 0.5) is 0 Å². The highest BCUT2D eigenvalue weighted by Crippen LogP contribution is 2.15. The highest BCUT2D eigenvalue weighted by molar-refractivity contribution is 7.08. The van der Waals surface area contributed by atoms with Gasteiger partial charge in [-0.05, 0) is 42.2 Å². The number of hydrogen-bond donors (Lipinski definition) is 2. The molecule has 1 aliphatic heterocycles. The number of nitrogens with one attached hydrogen (secondary N) is 2. The molecule has 1 fully saturated rings. The molecule has 0 bridgehead atoms. The second kappa shape index (κ2) is 7.59. The van der Waals surface area contributed by atoms with Crippen molar-refractivity contribution in [2.24, 2.45) is 0 Å². The molecule has 0 aromatic carbocycles. The van der Waals surface area contributed by atoms with Crippen molar-refractivity contribution in [1.82, 2.24) is 24.8 Å². The number of carbonyl (C=O) groups is 2. The average molecular weight is 399 g/mol. The highest BCUT2D eigenvalue weighted by Gasteiger charge is 2.26. The lowest BCUT2D eigenvalue weighted by Crippen LogP contribution is -2.47. The number of rotatable bonds is 4. The average Bonchev–Trinajstić information content (AvgIpc) is 3.31. The summed E-state index contributed by atoms with van der Waals surface area (Å²) >= 11 is 1.58. The number of piperidine rings is 1. The second-order valence-corrected chi connectivity index (χ2v) is 7.85. The Morgan fingerprint density at radius 3 is 2.86 bits per heavy atom. The van der Waals surface area contributed by atoms with Gasteiger partial charge in [-0.3, -0.25) is 14.4 Å². The van der Waals surface area contributed by atoms with Crippen molar-refractivity contribution in [2.75, 3.05) is 13.1 Å². The van der Waals surface area contributed by atoms with Gasteiger partial charge in [0.05, 0.1) is 6.42 Å². The van der Waals surface area contributed by atoms with Crippen LogP contribution >= 0.6 is 11.3 Å². The van der Waals surface area contributed by atoms with Crippen LogP contribution in [-0.2, 0) is 11.2 Å². The molecule has 28 heavy (non-hydrogen) atoms. The summed E-state index contributed by atoms with van der Waals surface area (Å²) in [6.45, 7) is 2.86. The van der Waals surface area contributed by atoms with Crippen molar-refractivity contribution in [3.8, 4) is 0 Å². The molecule has 9 heteroatoms. The van der Waals surface area contributed by atoms with Gasteiger partial charge in [-0.2, -0.15) is 16.4 Å². The summed E-state index contributed by atoms with van der Waals surface area (Å²) in [6, 6.07) is 3.55. The minimum absolute atomic E-state index is 0.0122. The maximum Gasteiger partial charge on any atom is 0.274 e. The molecule has 0 atom stereocenters. The third-order valence-corrected chi connectivity index (χ3v) is 5.64. The number of hydrogen-bond acceptors (Lipinski definition) is 5. The second-order valence-electron chi connectivity index (χ2n) is 7.07. The molecule has 0 spiro atoms. The number of carbonyl (C=O) groups excluding carboxylic acids is 2. The zero-order valence-corrected chi connectivity index (χ0v) is 16.3. The Balaban J connectivity index is 1.35. The van der Waals surface area contributed by atoms with E-state index in [0.717, 1.165) is 5.56 Å². The molecule has 2 amide bonds. The standard InChI is InChI=1S/C19H21N5O3S/c1-12-10-24-16(18(26)20-12)9-15(22-24)19(27)23-5-2-14(3-6-23)21-17(25)8-13-4-7-28-11-13/h4,7,9-11,14H,2-3,5-6,8H2,1H3,(H,20,26)(H,21,25). The first-order valence-electron chi connectivity index (χ1n) is 9.18. The Morgan fingerprint density at radius 2 is 2.14 bits per heavy atom. The zero-order chi connectivity index (χ0) is 19.7. The van der Waals surface area contributed by atoms with Crippen LogP contribution in [0.15, 0.2) is 33.9 Å². The van der Waals surface area contributed by atoms with Crippen LogP contribution in [0.5, 0.6) is 0 Å². The van der Waals surface area contributed by atoms with Gasteiger partial charge in [-0.1, -0.05) is 0 Å². The number of amides is 2. The molecule has 2 N–H and O–H groups in total. The molecule has 1 aliphatic rings. The Bertz CT molecular complexity index is 1060. The van der Waals surface area contributed by atoms with Crippen molar-refractivity contribution in [2.45, 2.75) is 32.2 Å². The lowest BCUT2D eigenvalue weighted by atomic mass is 10.0. The number of aromatic nitrogens is 3. The Hall–Kier alpha value is -2.94. The van der Waals surface area contributed by atoms with E-state index in [2.05, 4.69) is 15.4 Å². The van der Waals surface area contributed by atoms with Gasteiger partial charge < -0.3 is 15.2 Å². The lowest BCUT2D eigenvalue weighted by Gasteiger charge is -2.32. The lowest BCUT2D eigenvalue weighted by molar-refractivity contribution is -0.121. The van der Waals surface area contributed by atoms with E-state index in [1.807, 2.05) is 16.8 Å². The van der Waals surface area contributed by atoms with E-state index >= 15 is 0 Å². The van der Waals surface area contributed by atoms with Crippen LogP contribution in [0.1, 0.15) is 34.6 Å². The molecule has 8 nitrogen and oxygen atoms in total. The van der Waals surface area contributed by atoms with Crippen LogP contribution in [0, 0.1) is 6.92 Å². The quantitative estimate of drug-likeness (QED) is 0.692. The topological polar surface area (TPSA) is 99.6 Å². The Kier molecular flexibility index (Phi) is 4.99. The summed E-state index contributed by atoms with van der Waals surface area (Å²) in [5.74, 6) is -0.179. The number of thiophene rings is 1. The van der Waals surface area contributed by atoms with Gasteiger partial charge in [0, 0.05) is 37.1 Å². The normalized spacial score (nSPS) is 15.1. The van der Waals surface area contributed by atoms with Gasteiger partial charge in [0.2, 0.25) is 5.91 Å². The maximum atomic E-state index is 12.8.